The Kier molecular flexibility index (Phi) is 8.94. The van der Waals surface area contributed by atoms with Crippen molar-refractivity contribution in [2.75, 3.05) is 5.94 Å². The van der Waals surface area contributed by atoms with Gasteiger partial charge in [-0.25, -0.2) is 4.98 Å². The second kappa shape index (κ2) is 12.6. The molecular weight excluding hydrogens is 538 g/mol. The van der Waals surface area contributed by atoms with Crippen molar-refractivity contribution < 1.29 is 14.6 Å². The van der Waals surface area contributed by atoms with E-state index in [0.717, 1.165) is 59.0 Å². The lowest BCUT2D eigenvalue weighted by Crippen LogP contribution is -2.18. The Labute approximate surface area is 245 Å². The van der Waals surface area contributed by atoms with Crippen molar-refractivity contribution in [1.29, 1.82) is 0 Å². The van der Waals surface area contributed by atoms with Crippen LogP contribution in [0, 0.1) is 5.92 Å². The summed E-state index contributed by atoms with van der Waals surface area (Å²) in [6, 6.07) is 26.3. The summed E-state index contributed by atoms with van der Waals surface area (Å²) in [6.07, 6.45) is 7.61. The molecule has 1 aliphatic carbocycles. The number of esters is 1. The first kappa shape index (κ1) is 28.4. The van der Waals surface area contributed by atoms with E-state index >= 15 is 0 Å². The molecule has 0 bridgehead atoms. The van der Waals surface area contributed by atoms with Crippen molar-refractivity contribution in [3.63, 3.8) is 0 Å². The molecule has 0 saturated heterocycles. The molecule has 1 aromatic heterocycles. The summed E-state index contributed by atoms with van der Waals surface area (Å²) in [5, 5.41) is 12.5. The van der Waals surface area contributed by atoms with Crippen LogP contribution in [0.1, 0.15) is 66.3 Å². The summed E-state index contributed by atoms with van der Waals surface area (Å²) >= 11 is 7.81. The zero-order valence-corrected chi connectivity index (χ0v) is 24.4. The molecule has 1 unspecified atom stereocenters. The van der Waals surface area contributed by atoms with Crippen molar-refractivity contribution in [2.24, 2.45) is 5.92 Å². The van der Waals surface area contributed by atoms with Crippen LogP contribution >= 0.6 is 23.4 Å². The second-order valence-electron chi connectivity index (χ2n) is 10.8. The van der Waals surface area contributed by atoms with E-state index in [2.05, 4.69) is 42.5 Å². The molecule has 6 heteroatoms. The molecule has 3 aromatic carbocycles. The lowest BCUT2D eigenvalue weighted by Gasteiger charge is -2.23. The van der Waals surface area contributed by atoms with Gasteiger partial charge >= 0.3 is 5.97 Å². The number of carbonyl (C=O) groups is 1. The molecule has 4 aromatic rings. The number of nitrogens with zero attached hydrogens (tertiary/aromatic N) is 1. The third-order valence-corrected chi connectivity index (χ3v) is 8.54. The number of rotatable bonds is 11. The molecule has 1 saturated carbocycles. The molecule has 40 heavy (non-hydrogen) atoms. The number of aromatic nitrogens is 1. The minimum atomic E-state index is -0.911. The lowest BCUT2D eigenvalue weighted by molar-refractivity contribution is -0.142. The van der Waals surface area contributed by atoms with Gasteiger partial charge in [-0.3, -0.25) is 4.79 Å². The molecule has 0 spiro atoms. The molecule has 1 aliphatic rings. The predicted octanol–water partition coefficient (Wildman–Crippen LogP) is 8.60. The van der Waals surface area contributed by atoms with Crippen molar-refractivity contribution in [3.05, 3.63) is 112 Å². The fraction of sp³-hybridized carbons (Fsp3) is 0.294. The monoisotopic (exact) mass is 571 g/mol. The smallest absolute Gasteiger partial charge is 0.309 e. The predicted molar refractivity (Wildman–Crippen MR) is 166 cm³/mol. The van der Waals surface area contributed by atoms with Gasteiger partial charge in [0.05, 0.1) is 22.7 Å². The Morgan fingerprint density at radius 3 is 2.67 bits per heavy atom. The van der Waals surface area contributed by atoms with Crippen molar-refractivity contribution in [3.8, 4) is 0 Å². The summed E-state index contributed by atoms with van der Waals surface area (Å²) in [5.74, 6) is 0.335. The molecule has 1 N–H and O–H groups in total. The van der Waals surface area contributed by atoms with E-state index < -0.39 is 5.60 Å². The number of pyridine rings is 1. The van der Waals surface area contributed by atoms with E-state index in [4.69, 9.17) is 21.3 Å². The number of aliphatic hydroxyl groups is 1. The number of halogens is 1. The summed E-state index contributed by atoms with van der Waals surface area (Å²) in [4.78, 5) is 16.9. The van der Waals surface area contributed by atoms with E-state index in [0.29, 0.717) is 11.0 Å². The highest BCUT2D eigenvalue weighted by Crippen LogP contribution is 2.37. The molecule has 5 rings (SSSR count). The maximum atomic E-state index is 12.1. The molecule has 1 atom stereocenters. The van der Waals surface area contributed by atoms with Gasteiger partial charge in [0.25, 0.3) is 0 Å². The molecule has 0 radical (unpaired) electrons. The van der Waals surface area contributed by atoms with E-state index in [1.807, 2.05) is 62.4 Å². The SMILES string of the molecule is CC(C)(O)c1ccccc1CCC(SCOC(=O)C1CC1)c1cccc(C=Cc2ccc3ccc(Cl)cc3n2)c1. The highest BCUT2D eigenvalue weighted by Gasteiger charge is 2.31. The number of ether oxygens (including phenoxy) is 1. The number of thioether (sulfide) groups is 1. The van der Waals surface area contributed by atoms with Gasteiger partial charge in [0.1, 0.15) is 5.94 Å². The van der Waals surface area contributed by atoms with E-state index in [9.17, 15) is 9.90 Å². The fourth-order valence-corrected chi connectivity index (χ4v) is 5.96. The van der Waals surface area contributed by atoms with Gasteiger partial charge in [0.2, 0.25) is 0 Å². The first-order chi connectivity index (χ1) is 19.3. The van der Waals surface area contributed by atoms with Gasteiger partial charge in [-0.15, -0.1) is 11.8 Å². The highest BCUT2D eigenvalue weighted by atomic mass is 35.5. The van der Waals surface area contributed by atoms with Gasteiger partial charge in [-0.05, 0) is 86.1 Å². The molecule has 1 heterocycles. The zero-order valence-electron chi connectivity index (χ0n) is 22.8. The van der Waals surface area contributed by atoms with E-state index in [1.165, 1.54) is 5.56 Å². The van der Waals surface area contributed by atoms with Crippen LogP contribution < -0.4 is 0 Å². The maximum absolute atomic E-state index is 12.1. The van der Waals surface area contributed by atoms with Gasteiger partial charge in [-0.1, -0.05) is 78.3 Å². The Morgan fingerprint density at radius 2 is 1.88 bits per heavy atom. The number of benzene rings is 3. The second-order valence-corrected chi connectivity index (χ2v) is 12.4. The van der Waals surface area contributed by atoms with Crippen LogP contribution in [0.2, 0.25) is 5.02 Å². The van der Waals surface area contributed by atoms with E-state index in [1.54, 1.807) is 11.8 Å². The Hall–Kier alpha value is -3.12. The average molecular weight is 572 g/mol. The molecular formula is C34H34ClNO3S. The molecule has 206 valence electrons. The normalized spacial score (nSPS) is 14.5. The van der Waals surface area contributed by atoms with Gasteiger partial charge in [0, 0.05) is 15.7 Å². The molecule has 0 aliphatic heterocycles. The number of carbonyl (C=O) groups excluding carboxylic acids is 1. The van der Waals surface area contributed by atoms with Crippen LogP contribution in [-0.2, 0) is 21.6 Å². The molecule has 0 amide bonds. The third-order valence-electron chi connectivity index (χ3n) is 7.14. The minimum absolute atomic E-state index is 0.0838. The topological polar surface area (TPSA) is 59.4 Å². The first-order valence-electron chi connectivity index (χ1n) is 13.7. The highest BCUT2D eigenvalue weighted by molar-refractivity contribution is 7.99. The van der Waals surface area contributed by atoms with Crippen LogP contribution in [0.3, 0.4) is 0 Å². The van der Waals surface area contributed by atoms with Crippen molar-refractivity contribution in [2.45, 2.75) is 50.4 Å². The number of fused-ring (bicyclic) bond motifs is 1. The van der Waals surface area contributed by atoms with Crippen LogP contribution in [0.5, 0.6) is 0 Å². The fourth-order valence-electron chi connectivity index (χ4n) is 4.82. The Morgan fingerprint density at radius 1 is 1.07 bits per heavy atom. The summed E-state index contributed by atoms with van der Waals surface area (Å²) in [7, 11) is 0. The largest absolute Gasteiger partial charge is 0.454 e. The number of aryl methyl sites for hydroxylation is 1. The van der Waals surface area contributed by atoms with Gasteiger partial charge in [0.15, 0.2) is 0 Å². The first-order valence-corrected chi connectivity index (χ1v) is 15.1. The quantitative estimate of drug-likeness (QED) is 0.144. The van der Waals surface area contributed by atoms with Crippen LogP contribution in [0.15, 0.2) is 78.9 Å². The molecule has 1 fully saturated rings. The van der Waals surface area contributed by atoms with Crippen LogP contribution in [0.25, 0.3) is 23.1 Å². The summed E-state index contributed by atoms with van der Waals surface area (Å²) < 4.78 is 5.58. The zero-order chi connectivity index (χ0) is 28.1. The van der Waals surface area contributed by atoms with Gasteiger partial charge in [-0.2, -0.15) is 0 Å². The maximum Gasteiger partial charge on any atom is 0.309 e. The van der Waals surface area contributed by atoms with Crippen molar-refractivity contribution in [1.82, 2.24) is 4.98 Å². The minimum Gasteiger partial charge on any atom is -0.454 e. The number of hydrogen-bond acceptors (Lipinski definition) is 5. The van der Waals surface area contributed by atoms with Gasteiger partial charge < -0.3 is 9.84 Å². The number of hydrogen-bond donors (Lipinski definition) is 1. The average Bonchev–Trinajstić information content (AvgIpc) is 3.79. The standard InChI is InChI=1S/C34H34ClNO3S/c1-34(2,38)30-9-4-3-7-24(30)15-19-32(40-22-39-33(37)26-11-12-26)27-8-5-6-23(20-27)10-17-29-18-14-25-13-16-28(35)21-31(25)36-29/h3-10,13-14,16-18,20-21,26,32,38H,11-12,15,19,22H2,1-2H3. The van der Waals surface area contributed by atoms with Crippen molar-refractivity contribution >= 4 is 52.4 Å². The third kappa shape index (κ3) is 7.54. The Bertz CT molecular complexity index is 1520. The molecule has 4 nitrogen and oxygen atoms in total. The summed E-state index contributed by atoms with van der Waals surface area (Å²) in [6.45, 7) is 3.65. The van der Waals surface area contributed by atoms with Crippen LogP contribution in [-0.4, -0.2) is 22.0 Å². The lowest BCUT2D eigenvalue weighted by atomic mass is 9.90. The Balaban J connectivity index is 1.34. The van der Waals surface area contributed by atoms with Crippen LogP contribution in [0.4, 0.5) is 0 Å². The van der Waals surface area contributed by atoms with E-state index in [-0.39, 0.29) is 17.1 Å². The summed E-state index contributed by atoms with van der Waals surface area (Å²) in [5.41, 5.74) is 5.14.